The molecule has 9 heavy (non-hydrogen) atoms. The van der Waals surface area contributed by atoms with Gasteiger partial charge in [-0.25, -0.2) is 0 Å². The number of hydrogen-bond acceptors (Lipinski definition) is 1. The molecule has 1 unspecified atom stereocenters. The predicted molar refractivity (Wildman–Crippen MR) is 40.4 cm³/mol. The molecule has 52 valence electrons. The Labute approximate surface area is 61.3 Å². The van der Waals surface area contributed by atoms with Crippen LogP contribution in [0.2, 0.25) is 0 Å². The number of halogens is 1. The van der Waals surface area contributed by atoms with E-state index in [1.807, 2.05) is 7.05 Å². The zero-order valence-electron chi connectivity index (χ0n) is 6.11. The molecule has 2 heteroatoms. The molecule has 0 aromatic carbocycles. The monoisotopic (exact) mass is 145 g/mol. The number of hydrogen-bond donors (Lipinski definition) is 0. The van der Waals surface area contributed by atoms with Crippen LogP contribution in [-0.4, -0.2) is 17.4 Å². The van der Waals surface area contributed by atoms with Crippen molar-refractivity contribution in [1.82, 2.24) is 4.90 Å². The minimum absolute atomic E-state index is 0.199. The van der Waals surface area contributed by atoms with Crippen LogP contribution in [-0.2, 0) is 0 Å². The molecule has 0 aromatic heterocycles. The molecule has 0 saturated heterocycles. The Morgan fingerprint density at radius 2 is 2.11 bits per heavy atom. The summed E-state index contributed by atoms with van der Waals surface area (Å²) in [6, 6.07) is 0. The average molecular weight is 146 g/mol. The zero-order chi connectivity index (χ0) is 7.02. The molecule has 0 radical (unpaired) electrons. The van der Waals surface area contributed by atoms with Gasteiger partial charge in [-0.2, -0.15) is 0 Å². The van der Waals surface area contributed by atoms with E-state index in [9.17, 15) is 0 Å². The van der Waals surface area contributed by atoms with E-state index in [-0.39, 0.29) is 5.50 Å². The van der Waals surface area contributed by atoms with Crippen molar-refractivity contribution in [3.8, 4) is 0 Å². The Bertz CT molecular complexity index is 151. The second-order valence-electron chi connectivity index (χ2n) is 2.62. The van der Waals surface area contributed by atoms with E-state index < -0.39 is 0 Å². The lowest BCUT2D eigenvalue weighted by Gasteiger charge is -2.16. The smallest absolute Gasteiger partial charge is 0.107 e. The third-order valence-electron chi connectivity index (χ3n) is 2.04. The molecule has 1 nitrogen and oxygen atoms in total. The molecule has 0 fully saturated rings. The Hall–Kier alpha value is -0.170. The van der Waals surface area contributed by atoms with Crippen LogP contribution in [0.25, 0.3) is 0 Å². The van der Waals surface area contributed by atoms with E-state index in [1.54, 1.807) is 0 Å². The van der Waals surface area contributed by atoms with Crippen molar-refractivity contribution < 1.29 is 0 Å². The summed E-state index contributed by atoms with van der Waals surface area (Å²) in [4.78, 5) is 2.11. The van der Waals surface area contributed by atoms with Crippen molar-refractivity contribution in [2.45, 2.75) is 25.8 Å². The van der Waals surface area contributed by atoms with Crippen LogP contribution in [0.3, 0.4) is 0 Å². The van der Waals surface area contributed by atoms with E-state index in [2.05, 4.69) is 18.7 Å². The van der Waals surface area contributed by atoms with E-state index in [1.165, 1.54) is 11.3 Å². The minimum atomic E-state index is 0.199. The Morgan fingerprint density at radius 1 is 1.56 bits per heavy atom. The molecule has 1 rings (SSSR count). The van der Waals surface area contributed by atoms with Crippen molar-refractivity contribution in [2.24, 2.45) is 0 Å². The van der Waals surface area contributed by atoms with Gasteiger partial charge >= 0.3 is 0 Å². The van der Waals surface area contributed by atoms with Crippen molar-refractivity contribution in [3.63, 3.8) is 0 Å². The van der Waals surface area contributed by atoms with Crippen molar-refractivity contribution >= 4 is 11.6 Å². The highest BCUT2D eigenvalue weighted by molar-refractivity contribution is 6.20. The van der Waals surface area contributed by atoms with E-state index in [0.29, 0.717) is 0 Å². The summed E-state index contributed by atoms with van der Waals surface area (Å²) in [6.45, 7) is 4.24. The van der Waals surface area contributed by atoms with Gasteiger partial charge in [0.25, 0.3) is 0 Å². The SMILES string of the molecule is CC1=C(C)N(C)C(Cl)C1. The van der Waals surface area contributed by atoms with Gasteiger partial charge in [0.1, 0.15) is 5.50 Å². The van der Waals surface area contributed by atoms with Crippen LogP contribution in [0.5, 0.6) is 0 Å². The molecule has 0 aromatic rings. The molecule has 1 heterocycles. The molecule has 0 N–H and O–H groups in total. The van der Waals surface area contributed by atoms with Crippen LogP contribution in [0.15, 0.2) is 11.3 Å². The second-order valence-corrected chi connectivity index (χ2v) is 3.12. The van der Waals surface area contributed by atoms with Crippen molar-refractivity contribution in [3.05, 3.63) is 11.3 Å². The highest BCUT2D eigenvalue weighted by Gasteiger charge is 2.20. The first kappa shape index (κ1) is 6.94. The fourth-order valence-electron chi connectivity index (χ4n) is 1.05. The van der Waals surface area contributed by atoms with Crippen molar-refractivity contribution in [2.75, 3.05) is 7.05 Å². The molecular weight excluding hydrogens is 134 g/mol. The highest BCUT2D eigenvalue weighted by atomic mass is 35.5. The quantitative estimate of drug-likeness (QED) is 0.373. The molecule has 0 aliphatic carbocycles. The number of alkyl halides is 1. The van der Waals surface area contributed by atoms with Crippen LogP contribution in [0.4, 0.5) is 0 Å². The summed E-state index contributed by atoms with van der Waals surface area (Å²) in [7, 11) is 2.03. The summed E-state index contributed by atoms with van der Waals surface area (Å²) in [5, 5.41) is 0. The maximum Gasteiger partial charge on any atom is 0.107 e. The Morgan fingerprint density at radius 3 is 2.22 bits per heavy atom. The summed E-state index contributed by atoms with van der Waals surface area (Å²) in [6.07, 6.45) is 1.02. The first-order valence-corrected chi connectivity index (χ1v) is 3.60. The van der Waals surface area contributed by atoms with Gasteiger partial charge in [0, 0.05) is 19.2 Å². The fourth-order valence-corrected chi connectivity index (χ4v) is 1.43. The maximum absolute atomic E-state index is 5.94. The predicted octanol–water partition coefficient (Wildman–Crippen LogP) is 2.18. The normalized spacial score (nSPS) is 28.0. The van der Waals surface area contributed by atoms with E-state index in [0.717, 1.165) is 6.42 Å². The lowest BCUT2D eigenvalue weighted by molar-refractivity contribution is 0.421. The lowest BCUT2D eigenvalue weighted by Crippen LogP contribution is -2.18. The third kappa shape index (κ3) is 1.06. The van der Waals surface area contributed by atoms with Crippen LogP contribution in [0, 0.1) is 0 Å². The van der Waals surface area contributed by atoms with Crippen LogP contribution < -0.4 is 0 Å². The van der Waals surface area contributed by atoms with Gasteiger partial charge in [0.2, 0.25) is 0 Å². The number of rotatable bonds is 0. The first-order chi connectivity index (χ1) is 4.13. The summed E-state index contributed by atoms with van der Waals surface area (Å²) in [5.74, 6) is 0. The summed E-state index contributed by atoms with van der Waals surface area (Å²) < 4.78 is 0. The van der Waals surface area contributed by atoms with Gasteiger partial charge in [-0.05, 0) is 13.8 Å². The molecule has 1 atom stereocenters. The average Bonchev–Trinajstić information content (AvgIpc) is 1.98. The molecule has 1 aliphatic rings. The second kappa shape index (κ2) is 2.22. The molecule has 0 spiro atoms. The number of nitrogens with zero attached hydrogens (tertiary/aromatic N) is 1. The van der Waals surface area contributed by atoms with Gasteiger partial charge < -0.3 is 4.90 Å². The third-order valence-corrected chi connectivity index (χ3v) is 2.49. The topological polar surface area (TPSA) is 3.24 Å². The molecule has 0 amide bonds. The molecule has 0 bridgehead atoms. The maximum atomic E-state index is 5.94. The summed E-state index contributed by atoms with van der Waals surface area (Å²) >= 11 is 5.94. The Kier molecular flexibility index (Phi) is 1.71. The first-order valence-electron chi connectivity index (χ1n) is 3.16. The molecular formula is C7H12ClN. The van der Waals surface area contributed by atoms with E-state index in [4.69, 9.17) is 11.6 Å². The van der Waals surface area contributed by atoms with Gasteiger partial charge in [-0.1, -0.05) is 17.2 Å². The number of allylic oxidation sites excluding steroid dienone is 1. The fraction of sp³-hybridized carbons (Fsp3) is 0.714. The van der Waals surface area contributed by atoms with Gasteiger partial charge in [-0.15, -0.1) is 0 Å². The van der Waals surface area contributed by atoms with Crippen LogP contribution >= 0.6 is 11.6 Å². The Balaban J connectivity index is 2.74. The van der Waals surface area contributed by atoms with Crippen LogP contribution in [0.1, 0.15) is 20.3 Å². The summed E-state index contributed by atoms with van der Waals surface area (Å²) in [5.41, 5.74) is 2.94. The highest BCUT2D eigenvalue weighted by Crippen LogP contribution is 2.27. The van der Waals surface area contributed by atoms with E-state index >= 15 is 0 Å². The van der Waals surface area contributed by atoms with Gasteiger partial charge in [0.05, 0.1) is 0 Å². The largest absolute Gasteiger partial charge is 0.362 e. The molecule has 1 aliphatic heterocycles. The van der Waals surface area contributed by atoms with Gasteiger partial charge in [0.15, 0.2) is 0 Å². The van der Waals surface area contributed by atoms with Gasteiger partial charge in [-0.3, -0.25) is 0 Å². The molecule has 0 saturated carbocycles. The standard InChI is InChI=1S/C7H12ClN/c1-5-4-7(8)9(3)6(5)2/h7H,4H2,1-3H3. The lowest BCUT2D eigenvalue weighted by atomic mass is 10.2. The zero-order valence-corrected chi connectivity index (χ0v) is 6.87. The minimum Gasteiger partial charge on any atom is -0.362 e. The van der Waals surface area contributed by atoms with Crippen molar-refractivity contribution in [1.29, 1.82) is 0 Å².